The van der Waals surface area contributed by atoms with Gasteiger partial charge in [-0.15, -0.1) is 0 Å². The molecule has 0 aromatic heterocycles. The second-order valence-electron chi connectivity index (χ2n) is 6.71. The third-order valence-corrected chi connectivity index (χ3v) is 4.60. The van der Waals surface area contributed by atoms with Gasteiger partial charge in [-0.05, 0) is 43.0 Å². The van der Waals surface area contributed by atoms with E-state index in [2.05, 4.69) is 12.1 Å². The fraction of sp³-hybridized carbons (Fsp3) is 0.435. The van der Waals surface area contributed by atoms with Gasteiger partial charge in [-0.2, -0.15) is 0 Å². The molecule has 2 aromatic rings. The van der Waals surface area contributed by atoms with Crippen molar-refractivity contribution in [2.45, 2.75) is 32.5 Å². The summed E-state index contributed by atoms with van der Waals surface area (Å²) in [6.07, 6.45) is 1.33. The fourth-order valence-corrected chi connectivity index (χ4v) is 2.96. The molecule has 1 atom stereocenters. The smallest absolute Gasteiger partial charge is 0.251 e. The maximum absolute atomic E-state index is 12.9. The molecule has 0 radical (unpaired) electrons. The number of rotatable bonds is 12. The zero-order valence-electron chi connectivity index (χ0n) is 17.1. The second-order valence-corrected chi connectivity index (χ2v) is 6.71. The van der Waals surface area contributed by atoms with Crippen LogP contribution in [0.15, 0.2) is 54.6 Å². The van der Waals surface area contributed by atoms with Gasteiger partial charge in [0, 0.05) is 20.2 Å². The Balaban J connectivity index is 1.86. The van der Waals surface area contributed by atoms with Gasteiger partial charge in [-0.3, -0.25) is 4.79 Å². The van der Waals surface area contributed by atoms with Gasteiger partial charge in [-0.1, -0.05) is 42.5 Å². The number of benzene rings is 2. The third kappa shape index (κ3) is 7.33. The Kier molecular flexibility index (Phi) is 9.52. The highest BCUT2D eigenvalue weighted by atomic mass is 16.5. The predicted molar refractivity (Wildman–Crippen MR) is 110 cm³/mol. The Morgan fingerprint density at radius 3 is 2.46 bits per heavy atom. The Morgan fingerprint density at radius 2 is 1.75 bits per heavy atom. The lowest BCUT2D eigenvalue weighted by molar-refractivity contribution is -0.144. The largest absolute Gasteiger partial charge is 0.497 e. The summed E-state index contributed by atoms with van der Waals surface area (Å²) in [4.78, 5) is 14.7. The minimum absolute atomic E-state index is 0.00647. The SMILES string of the molecule is COCCN(CCCc1ccccc1)C(=O)C(C)OCc1cccc(OC)c1. The molecular weight excluding hydrogens is 354 g/mol. The van der Waals surface area contributed by atoms with Crippen LogP contribution in [0.25, 0.3) is 0 Å². The highest BCUT2D eigenvalue weighted by Crippen LogP contribution is 2.14. The molecule has 1 amide bonds. The van der Waals surface area contributed by atoms with Gasteiger partial charge in [-0.25, -0.2) is 0 Å². The van der Waals surface area contributed by atoms with Crippen LogP contribution in [0.4, 0.5) is 0 Å². The summed E-state index contributed by atoms with van der Waals surface area (Å²) < 4.78 is 16.2. The summed E-state index contributed by atoms with van der Waals surface area (Å²) in [5.41, 5.74) is 2.26. The first-order chi connectivity index (χ1) is 13.6. The van der Waals surface area contributed by atoms with Crippen molar-refractivity contribution in [3.8, 4) is 5.75 Å². The monoisotopic (exact) mass is 385 g/mol. The van der Waals surface area contributed by atoms with Crippen molar-refractivity contribution >= 4 is 5.91 Å². The van der Waals surface area contributed by atoms with E-state index in [1.165, 1.54) is 5.56 Å². The van der Waals surface area contributed by atoms with E-state index in [4.69, 9.17) is 14.2 Å². The fourth-order valence-electron chi connectivity index (χ4n) is 2.96. The highest BCUT2D eigenvalue weighted by Gasteiger charge is 2.21. The maximum atomic E-state index is 12.9. The van der Waals surface area contributed by atoms with E-state index in [0.29, 0.717) is 26.3 Å². The van der Waals surface area contributed by atoms with Crippen molar-refractivity contribution in [3.63, 3.8) is 0 Å². The predicted octanol–water partition coefficient (Wildman–Crippen LogP) is 3.71. The molecule has 0 saturated carbocycles. The number of carbonyl (C=O) groups is 1. The average molecular weight is 386 g/mol. The quantitative estimate of drug-likeness (QED) is 0.559. The van der Waals surface area contributed by atoms with Crippen molar-refractivity contribution in [2.24, 2.45) is 0 Å². The molecular formula is C23H31NO4. The molecule has 1 unspecified atom stereocenters. The average Bonchev–Trinajstić information content (AvgIpc) is 2.74. The molecule has 2 rings (SSSR count). The molecule has 152 valence electrons. The molecule has 0 heterocycles. The number of hydrogen-bond donors (Lipinski definition) is 0. The first-order valence-corrected chi connectivity index (χ1v) is 9.70. The molecule has 0 saturated heterocycles. The van der Waals surface area contributed by atoms with Crippen molar-refractivity contribution in [1.29, 1.82) is 0 Å². The summed E-state index contributed by atoms with van der Waals surface area (Å²) in [5, 5.41) is 0. The van der Waals surface area contributed by atoms with E-state index in [9.17, 15) is 4.79 Å². The zero-order valence-corrected chi connectivity index (χ0v) is 17.1. The van der Waals surface area contributed by atoms with Crippen molar-refractivity contribution < 1.29 is 19.0 Å². The van der Waals surface area contributed by atoms with E-state index in [-0.39, 0.29) is 5.91 Å². The number of hydrogen-bond acceptors (Lipinski definition) is 4. The summed E-state index contributed by atoms with van der Waals surface area (Å²) in [7, 11) is 3.28. The van der Waals surface area contributed by atoms with Gasteiger partial charge >= 0.3 is 0 Å². The minimum Gasteiger partial charge on any atom is -0.497 e. The molecule has 0 aliphatic heterocycles. The number of methoxy groups -OCH3 is 2. The molecule has 0 aliphatic rings. The van der Waals surface area contributed by atoms with E-state index in [1.54, 1.807) is 21.1 Å². The van der Waals surface area contributed by atoms with Gasteiger partial charge in [0.1, 0.15) is 11.9 Å². The highest BCUT2D eigenvalue weighted by molar-refractivity contribution is 5.80. The number of amides is 1. The molecule has 28 heavy (non-hydrogen) atoms. The summed E-state index contributed by atoms with van der Waals surface area (Å²) in [6.45, 7) is 3.94. The lowest BCUT2D eigenvalue weighted by atomic mass is 10.1. The van der Waals surface area contributed by atoms with Crippen LogP contribution in [0, 0.1) is 0 Å². The Bertz CT molecular complexity index is 705. The Morgan fingerprint density at radius 1 is 1.00 bits per heavy atom. The molecule has 2 aromatic carbocycles. The van der Waals surface area contributed by atoms with Crippen LogP contribution in [-0.2, 0) is 27.3 Å². The standard InChI is InChI=1S/C23H31NO4/c1-19(28-18-21-11-7-13-22(17-21)27-3)23(25)24(15-16-26-2)14-8-12-20-9-5-4-6-10-20/h4-7,9-11,13,17,19H,8,12,14-16,18H2,1-3H3. The third-order valence-electron chi connectivity index (χ3n) is 4.60. The van der Waals surface area contributed by atoms with Gasteiger partial charge < -0.3 is 19.1 Å². The van der Waals surface area contributed by atoms with Crippen molar-refractivity contribution in [3.05, 3.63) is 65.7 Å². The first kappa shape index (κ1) is 21.9. The van der Waals surface area contributed by atoms with E-state index >= 15 is 0 Å². The van der Waals surface area contributed by atoms with E-state index in [0.717, 1.165) is 24.2 Å². The van der Waals surface area contributed by atoms with Crippen LogP contribution in [0.5, 0.6) is 5.75 Å². The molecule has 5 heteroatoms. The van der Waals surface area contributed by atoms with Crippen LogP contribution >= 0.6 is 0 Å². The van der Waals surface area contributed by atoms with Crippen LogP contribution in [0.3, 0.4) is 0 Å². The lowest BCUT2D eigenvalue weighted by Gasteiger charge is -2.26. The van der Waals surface area contributed by atoms with Gasteiger partial charge in [0.2, 0.25) is 0 Å². The van der Waals surface area contributed by atoms with Gasteiger partial charge in [0.05, 0.1) is 20.3 Å². The maximum Gasteiger partial charge on any atom is 0.251 e. The normalized spacial score (nSPS) is 11.8. The summed E-state index contributed by atoms with van der Waals surface area (Å²) in [5.74, 6) is 0.774. The van der Waals surface area contributed by atoms with E-state index in [1.807, 2.05) is 47.4 Å². The van der Waals surface area contributed by atoms with Crippen LogP contribution in [0.2, 0.25) is 0 Å². The van der Waals surface area contributed by atoms with Crippen LogP contribution < -0.4 is 4.74 Å². The molecule has 0 N–H and O–H groups in total. The Hall–Kier alpha value is -2.37. The van der Waals surface area contributed by atoms with Crippen molar-refractivity contribution in [2.75, 3.05) is 33.9 Å². The van der Waals surface area contributed by atoms with Crippen LogP contribution in [0.1, 0.15) is 24.5 Å². The van der Waals surface area contributed by atoms with Crippen molar-refractivity contribution in [1.82, 2.24) is 4.90 Å². The first-order valence-electron chi connectivity index (χ1n) is 9.70. The minimum atomic E-state index is -0.514. The van der Waals surface area contributed by atoms with Gasteiger partial charge in [0.25, 0.3) is 5.91 Å². The summed E-state index contributed by atoms with van der Waals surface area (Å²) in [6, 6.07) is 18.0. The van der Waals surface area contributed by atoms with Gasteiger partial charge in [0.15, 0.2) is 0 Å². The zero-order chi connectivity index (χ0) is 20.2. The van der Waals surface area contributed by atoms with E-state index < -0.39 is 6.10 Å². The topological polar surface area (TPSA) is 48.0 Å². The number of aryl methyl sites for hydroxylation is 1. The molecule has 5 nitrogen and oxygen atoms in total. The number of carbonyl (C=O) groups excluding carboxylic acids is 1. The second kappa shape index (κ2) is 12.2. The lowest BCUT2D eigenvalue weighted by Crippen LogP contribution is -2.41. The summed E-state index contributed by atoms with van der Waals surface area (Å²) >= 11 is 0. The molecule has 0 fully saturated rings. The molecule has 0 bridgehead atoms. The molecule has 0 spiro atoms. The number of nitrogens with zero attached hydrogens (tertiary/aromatic N) is 1. The Labute approximate surface area is 168 Å². The van der Waals surface area contributed by atoms with Crippen LogP contribution in [-0.4, -0.2) is 50.8 Å². The number of ether oxygens (including phenoxy) is 3. The molecule has 0 aliphatic carbocycles.